The third-order valence-corrected chi connectivity index (χ3v) is 5.77. The molecule has 192 valence electrons. The van der Waals surface area contributed by atoms with E-state index in [1.54, 1.807) is 54.6 Å². The maximum atomic E-state index is 13.8. The van der Waals surface area contributed by atoms with Gasteiger partial charge in [-0.1, -0.05) is 66.7 Å². The fraction of sp³-hybridized carbons (Fsp3) is 0.143. The summed E-state index contributed by atoms with van der Waals surface area (Å²) in [5.74, 6) is -3.22. The summed E-state index contributed by atoms with van der Waals surface area (Å²) in [6.07, 6.45) is -1.65. The molecule has 0 saturated heterocycles. The van der Waals surface area contributed by atoms with E-state index >= 15 is 0 Å². The van der Waals surface area contributed by atoms with Gasteiger partial charge in [-0.05, 0) is 18.2 Å². The van der Waals surface area contributed by atoms with Crippen molar-refractivity contribution < 1.29 is 29.1 Å². The first kappa shape index (κ1) is 26.0. The molecule has 0 radical (unpaired) electrons. The summed E-state index contributed by atoms with van der Waals surface area (Å²) >= 11 is 0. The molecule has 10 nitrogen and oxygen atoms in total. The minimum absolute atomic E-state index is 0.323. The summed E-state index contributed by atoms with van der Waals surface area (Å²) in [6.45, 7) is -0.533. The zero-order chi connectivity index (χ0) is 27.1. The van der Waals surface area contributed by atoms with Crippen LogP contribution < -0.4 is 15.5 Å². The van der Waals surface area contributed by atoms with Crippen molar-refractivity contribution in [2.75, 3.05) is 11.4 Å². The monoisotopic (exact) mass is 512 g/mol. The second-order valence-electron chi connectivity index (χ2n) is 8.44. The van der Waals surface area contributed by atoms with Crippen LogP contribution in [0.4, 0.5) is 5.69 Å². The Kier molecular flexibility index (Phi) is 8.02. The molecular formula is C28H24N4O6. The average molecular weight is 513 g/mol. The maximum Gasteiger partial charge on any atom is 0.305 e. The number of amides is 3. The summed E-state index contributed by atoms with van der Waals surface area (Å²) in [7, 11) is 0. The molecule has 38 heavy (non-hydrogen) atoms. The number of carboxylic acid groups (broad SMARTS) is 1. The Balaban J connectivity index is 1.73. The third kappa shape index (κ3) is 5.98. The van der Waals surface area contributed by atoms with E-state index < -0.39 is 48.9 Å². The molecule has 3 aromatic carbocycles. The number of benzene rings is 3. The molecule has 0 spiro atoms. The van der Waals surface area contributed by atoms with Crippen molar-refractivity contribution in [1.82, 2.24) is 10.6 Å². The summed E-state index contributed by atoms with van der Waals surface area (Å²) in [5.41, 5.74) is 2.37. The van der Waals surface area contributed by atoms with E-state index in [-0.39, 0.29) is 0 Å². The predicted octanol–water partition coefficient (Wildman–Crippen LogP) is 1.79. The lowest BCUT2D eigenvalue weighted by atomic mass is 10.0. The summed E-state index contributed by atoms with van der Waals surface area (Å²) in [5, 5.41) is 14.0. The number of anilines is 1. The van der Waals surface area contributed by atoms with Gasteiger partial charge in [0, 0.05) is 16.7 Å². The Morgan fingerprint density at radius 1 is 0.947 bits per heavy atom. The molecule has 3 aromatic rings. The van der Waals surface area contributed by atoms with Crippen LogP contribution in [0.3, 0.4) is 0 Å². The van der Waals surface area contributed by atoms with Crippen LogP contribution in [0.5, 0.6) is 0 Å². The Bertz CT molecular complexity index is 1390. The van der Waals surface area contributed by atoms with E-state index in [1.165, 1.54) is 4.90 Å². The molecule has 2 atom stereocenters. The molecule has 3 amide bonds. The second-order valence-corrected chi connectivity index (χ2v) is 8.44. The van der Waals surface area contributed by atoms with Gasteiger partial charge in [0.2, 0.25) is 12.1 Å². The predicted molar refractivity (Wildman–Crippen MR) is 139 cm³/mol. The number of aliphatic imine (C=N–C) groups is 1. The van der Waals surface area contributed by atoms with Crippen LogP contribution in [0.2, 0.25) is 0 Å². The Morgan fingerprint density at radius 2 is 1.58 bits per heavy atom. The fourth-order valence-corrected chi connectivity index (χ4v) is 4.03. The number of rotatable bonds is 9. The number of aliphatic carboxylic acids is 1. The van der Waals surface area contributed by atoms with Crippen molar-refractivity contribution in [3.8, 4) is 0 Å². The second kappa shape index (κ2) is 11.7. The molecule has 2 unspecified atom stereocenters. The van der Waals surface area contributed by atoms with Gasteiger partial charge >= 0.3 is 5.97 Å². The molecule has 0 fully saturated rings. The van der Waals surface area contributed by atoms with Crippen molar-refractivity contribution in [2.24, 2.45) is 4.99 Å². The average Bonchev–Trinajstić information content (AvgIpc) is 3.04. The van der Waals surface area contributed by atoms with Crippen molar-refractivity contribution in [1.29, 1.82) is 0 Å². The molecule has 0 saturated carbocycles. The number of carbonyl (C=O) groups excluding carboxylic acids is 4. The lowest BCUT2D eigenvalue weighted by Crippen LogP contribution is -2.51. The number of carbonyl (C=O) groups is 5. The van der Waals surface area contributed by atoms with Crippen molar-refractivity contribution >= 4 is 41.4 Å². The number of benzodiazepines with no additional fused rings is 1. The summed E-state index contributed by atoms with van der Waals surface area (Å²) in [6, 6.07) is 23.0. The van der Waals surface area contributed by atoms with E-state index in [1.807, 2.05) is 30.3 Å². The molecule has 3 N–H and O–H groups in total. The first-order chi connectivity index (χ1) is 18.4. The van der Waals surface area contributed by atoms with Gasteiger partial charge in [0.15, 0.2) is 0 Å². The van der Waals surface area contributed by atoms with Crippen molar-refractivity contribution in [3.05, 3.63) is 102 Å². The number of hydrogen-bond donors (Lipinski definition) is 3. The molecule has 1 aliphatic heterocycles. The molecule has 0 bridgehead atoms. The highest BCUT2D eigenvalue weighted by Crippen LogP contribution is 2.28. The zero-order valence-electron chi connectivity index (χ0n) is 20.1. The van der Waals surface area contributed by atoms with Crippen LogP contribution in [-0.4, -0.2) is 59.5 Å². The Labute approximate surface area is 218 Å². The number of aldehydes is 1. The Hall–Kier alpha value is -5.12. The van der Waals surface area contributed by atoms with Gasteiger partial charge in [0.1, 0.15) is 12.8 Å². The van der Waals surface area contributed by atoms with Crippen LogP contribution in [0, 0.1) is 0 Å². The summed E-state index contributed by atoms with van der Waals surface area (Å²) in [4.78, 5) is 67.7. The first-order valence-electron chi connectivity index (χ1n) is 11.7. The minimum atomic E-state index is -1.38. The van der Waals surface area contributed by atoms with E-state index in [0.29, 0.717) is 34.4 Å². The molecular weight excluding hydrogens is 488 g/mol. The van der Waals surface area contributed by atoms with Crippen LogP contribution in [-0.2, 0) is 19.2 Å². The van der Waals surface area contributed by atoms with Crippen LogP contribution in [0.15, 0.2) is 89.9 Å². The standard InChI is InChI=1S/C28H24N4O6/c33-17-20(15-24(35)36)29-23(34)16-32-22-14-8-7-13-21(22)25(18-9-3-1-4-10-18)30-26(28(32)38)31-27(37)19-11-5-2-6-12-19/h1-14,17,20,26H,15-16H2,(H,29,34)(H,31,37)(H,35,36). The largest absolute Gasteiger partial charge is 0.481 e. The van der Waals surface area contributed by atoms with Gasteiger partial charge in [-0.3, -0.25) is 24.1 Å². The maximum absolute atomic E-state index is 13.8. The molecule has 0 aromatic heterocycles. The summed E-state index contributed by atoms with van der Waals surface area (Å²) < 4.78 is 0. The van der Waals surface area contributed by atoms with Gasteiger partial charge in [0.05, 0.1) is 23.9 Å². The number of hydrogen-bond acceptors (Lipinski definition) is 6. The third-order valence-electron chi connectivity index (χ3n) is 5.77. The number of carboxylic acids is 1. The SMILES string of the molecule is O=CC(CC(=O)O)NC(=O)CN1C(=O)C(NC(=O)c2ccccc2)N=C(c2ccccc2)c2ccccc21. The molecule has 0 aliphatic carbocycles. The lowest BCUT2D eigenvalue weighted by Gasteiger charge is -2.25. The smallest absolute Gasteiger partial charge is 0.305 e. The molecule has 10 heteroatoms. The van der Waals surface area contributed by atoms with Gasteiger partial charge in [-0.25, -0.2) is 4.99 Å². The topological polar surface area (TPSA) is 145 Å². The number of nitrogens with zero attached hydrogens (tertiary/aromatic N) is 2. The lowest BCUT2D eigenvalue weighted by molar-refractivity contribution is -0.138. The molecule has 1 aliphatic rings. The number of para-hydroxylation sites is 1. The van der Waals surface area contributed by atoms with Gasteiger partial charge in [-0.2, -0.15) is 0 Å². The first-order valence-corrected chi connectivity index (χ1v) is 11.7. The quantitative estimate of drug-likeness (QED) is 0.373. The highest BCUT2D eigenvalue weighted by atomic mass is 16.4. The Morgan fingerprint density at radius 3 is 2.24 bits per heavy atom. The molecule has 1 heterocycles. The zero-order valence-corrected chi connectivity index (χ0v) is 20.1. The number of fused-ring (bicyclic) bond motifs is 1. The van der Waals surface area contributed by atoms with E-state index in [9.17, 15) is 24.0 Å². The normalized spacial score (nSPS) is 15.4. The molecule has 4 rings (SSSR count). The highest BCUT2D eigenvalue weighted by molar-refractivity contribution is 6.21. The van der Waals surface area contributed by atoms with Gasteiger partial charge in [-0.15, -0.1) is 0 Å². The van der Waals surface area contributed by atoms with Crippen LogP contribution >= 0.6 is 0 Å². The van der Waals surface area contributed by atoms with Crippen LogP contribution in [0.1, 0.15) is 27.9 Å². The van der Waals surface area contributed by atoms with Gasteiger partial charge < -0.3 is 20.5 Å². The van der Waals surface area contributed by atoms with E-state index in [2.05, 4.69) is 15.6 Å². The van der Waals surface area contributed by atoms with Crippen LogP contribution in [0.25, 0.3) is 0 Å². The highest BCUT2D eigenvalue weighted by Gasteiger charge is 2.34. The van der Waals surface area contributed by atoms with E-state index in [4.69, 9.17) is 5.11 Å². The number of nitrogens with one attached hydrogen (secondary N) is 2. The van der Waals surface area contributed by atoms with Gasteiger partial charge in [0.25, 0.3) is 11.8 Å². The van der Waals surface area contributed by atoms with Crippen molar-refractivity contribution in [3.63, 3.8) is 0 Å². The fourth-order valence-electron chi connectivity index (χ4n) is 4.03. The van der Waals surface area contributed by atoms with E-state index in [0.717, 1.165) is 0 Å². The minimum Gasteiger partial charge on any atom is -0.481 e. The van der Waals surface area contributed by atoms with Crippen molar-refractivity contribution in [2.45, 2.75) is 18.6 Å².